The number of nitrogens with zero attached hydrogens (tertiary/aromatic N) is 1. The fourth-order valence-electron chi connectivity index (χ4n) is 3.46. The zero-order chi connectivity index (χ0) is 17.9. The molecule has 4 unspecified atom stereocenters. The van der Waals surface area contributed by atoms with Gasteiger partial charge >= 0.3 is 0 Å². The van der Waals surface area contributed by atoms with Crippen molar-refractivity contribution in [1.29, 1.82) is 0 Å². The summed E-state index contributed by atoms with van der Waals surface area (Å²) >= 11 is 0. The molecule has 0 aromatic carbocycles. The zero-order valence-corrected chi connectivity index (χ0v) is 15.3. The predicted octanol–water partition coefficient (Wildman–Crippen LogP) is 2.68. The Labute approximate surface area is 144 Å². The zero-order valence-electron chi connectivity index (χ0n) is 15.3. The number of imide groups is 1. The van der Waals surface area contributed by atoms with Gasteiger partial charge in [-0.3, -0.25) is 14.5 Å². The second kappa shape index (κ2) is 8.23. The number of hydrogen-bond acceptors (Lipinski definition) is 5. The summed E-state index contributed by atoms with van der Waals surface area (Å²) in [5.74, 6) is 0.910. The Hall–Kier alpha value is -1.24. The van der Waals surface area contributed by atoms with Gasteiger partial charge in [0.05, 0.1) is 12.6 Å². The van der Waals surface area contributed by atoms with Crippen LogP contribution in [0.3, 0.4) is 0 Å². The molecule has 6 nitrogen and oxygen atoms in total. The topological polar surface area (TPSA) is 65.1 Å². The second-order valence-electron chi connectivity index (χ2n) is 7.30. The summed E-state index contributed by atoms with van der Waals surface area (Å²) in [5.41, 5.74) is 0.428. The van der Waals surface area contributed by atoms with Crippen LogP contribution in [0, 0.1) is 17.8 Å². The molecule has 0 aromatic heterocycles. The minimum absolute atomic E-state index is 0.0104. The SMILES string of the molecule is COC(CN1C(=O)C=C(C)C1=O)OOC1CC(C)CCC1C(C)C. The quantitative estimate of drug-likeness (QED) is 0.309. The molecule has 0 saturated heterocycles. The molecule has 6 heteroatoms. The summed E-state index contributed by atoms with van der Waals surface area (Å²) in [6, 6.07) is 0. The summed E-state index contributed by atoms with van der Waals surface area (Å²) in [6.45, 7) is 8.26. The molecule has 2 rings (SSSR count). The largest absolute Gasteiger partial charge is 0.352 e. The molecule has 1 aliphatic heterocycles. The number of ether oxygens (including phenoxy) is 1. The smallest absolute Gasteiger partial charge is 0.256 e. The molecule has 0 N–H and O–H groups in total. The molecule has 4 atom stereocenters. The van der Waals surface area contributed by atoms with Crippen LogP contribution >= 0.6 is 0 Å². The number of hydrogen-bond donors (Lipinski definition) is 0. The van der Waals surface area contributed by atoms with Crippen molar-refractivity contribution in [3.63, 3.8) is 0 Å². The van der Waals surface area contributed by atoms with Gasteiger partial charge in [-0.25, -0.2) is 9.78 Å². The Morgan fingerprint density at radius 1 is 1.29 bits per heavy atom. The first-order chi connectivity index (χ1) is 11.3. The molecule has 0 bridgehead atoms. The van der Waals surface area contributed by atoms with E-state index in [1.165, 1.54) is 19.6 Å². The van der Waals surface area contributed by atoms with Crippen LogP contribution in [0.4, 0.5) is 0 Å². The minimum atomic E-state index is -0.790. The summed E-state index contributed by atoms with van der Waals surface area (Å²) in [7, 11) is 1.47. The van der Waals surface area contributed by atoms with Crippen molar-refractivity contribution >= 4 is 11.8 Å². The number of methoxy groups -OCH3 is 1. The molecule has 2 aliphatic rings. The molecule has 136 valence electrons. The fraction of sp³-hybridized carbons (Fsp3) is 0.778. The van der Waals surface area contributed by atoms with Gasteiger partial charge in [0.15, 0.2) is 0 Å². The van der Waals surface area contributed by atoms with Crippen molar-refractivity contribution in [3.05, 3.63) is 11.6 Å². The van der Waals surface area contributed by atoms with Gasteiger partial charge in [0.25, 0.3) is 11.8 Å². The highest BCUT2D eigenvalue weighted by Crippen LogP contribution is 2.35. The van der Waals surface area contributed by atoms with Crippen molar-refractivity contribution < 1.29 is 24.1 Å². The van der Waals surface area contributed by atoms with E-state index in [4.69, 9.17) is 14.5 Å². The van der Waals surface area contributed by atoms with Gasteiger partial charge in [-0.15, -0.1) is 0 Å². The molecule has 0 radical (unpaired) electrons. The summed E-state index contributed by atoms with van der Waals surface area (Å²) in [5, 5.41) is 0. The molecule has 0 spiro atoms. The predicted molar refractivity (Wildman–Crippen MR) is 88.6 cm³/mol. The Morgan fingerprint density at radius 3 is 2.54 bits per heavy atom. The lowest BCUT2D eigenvalue weighted by Gasteiger charge is -2.36. The van der Waals surface area contributed by atoms with Crippen LogP contribution in [-0.2, 0) is 24.1 Å². The van der Waals surface area contributed by atoms with Gasteiger partial charge in [-0.1, -0.05) is 27.2 Å². The van der Waals surface area contributed by atoms with E-state index in [2.05, 4.69) is 20.8 Å². The first-order valence-corrected chi connectivity index (χ1v) is 8.72. The third kappa shape index (κ3) is 4.43. The van der Waals surface area contributed by atoms with E-state index in [-0.39, 0.29) is 24.5 Å². The van der Waals surface area contributed by atoms with Crippen LogP contribution in [0.1, 0.15) is 47.0 Å². The van der Waals surface area contributed by atoms with E-state index >= 15 is 0 Å². The van der Waals surface area contributed by atoms with E-state index in [9.17, 15) is 9.59 Å². The van der Waals surface area contributed by atoms with Gasteiger partial charge in [-0.05, 0) is 37.5 Å². The van der Waals surface area contributed by atoms with Crippen molar-refractivity contribution in [2.24, 2.45) is 17.8 Å². The number of rotatable bonds is 7. The Bertz CT molecular complexity index is 502. The van der Waals surface area contributed by atoms with Crippen molar-refractivity contribution in [3.8, 4) is 0 Å². The average molecular weight is 339 g/mol. The van der Waals surface area contributed by atoms with E-state index in [1.807, 2.05) is 0 Å². The van der Waals surface area contributed by atoms with Crippen LogP contribution in [0.2, 0.25) is 0 Å². The molecular formula is C18H29NO5. The highest BCUT2D eigenvalue weighted by Gasteiger charge is 2.35. The van der Waals surface area contributed by atoms with E-state index in [0.717, 1.165) is 17.7 Å². The molecule has 2 amide bonds. The maximum Gasteiger partial charge on any atom is 0.256 e. The molecule has 1 aliphatic carbocycles. The Morgan fingerprint density at radius 2 is 2.00 bits per heavy atom. The van der Waals surface area contributed by atoms with Crippen LogP contribution in [0.15, 0.2) is 11.6 Å². The molecule has 1 fully saturated rings. The number of carbonyl (C=O) groups excluding carboxylic acids is 2. The van der Waals surface area contributed by atoms with E-state index in [1.54, 1.807) is 6.92 Å². The maximum absolute atomic E-state index is 11.9. The van der Waals surface area contributed by atoms with Gasteiger partial charge in [0, 0.05) is 18.8 Å². The summed E-state index contributed by atoms with van der Waals surface area (Å²) in [6.07, 6.45) is 3.82. The summed E-state index contributed by atoms with van der Waals surface area (Å²) in [4.78, 5) is 36.0. The molecule has 1 saturated carbocycles. The van der Waals surface area contributed by atoms with Crippen LogP contribution in [0.5, 0.6) is 0 Å². The van der Waals surface area contributed by atoms with Crippen molar-refractivity contribution in [1.82, 2.24) is 4.90 Å². The van der Waals surface area contributed by atoms with Gasteiger partial charge in [0.1, 0.15) is 0 Å². The molecular weight excluding hydrogens is 310 g/mol. The van der Waals surface area contributed by atoms with Crippen molar-refractivity contribution in [2.75, 3.05) is 13.7 Å². The highest BCUT2D eigenvalue weighted by atomic mass is 17.2. The van der Waals surface area contributed by atoms with Crippen LogP contribution in [-0.4, -0.2) is 42.8 Å². The van der Waals surface area contributed by atoms with Crippen LogP contribution in [0.25, 0.3) is 0 Å². The number of carbonyl (C=O) groups is 2. The second-order valence-corrected chi connectivity index (χ2v) is 7.30. The van der Waals surface area contributed by atoms with E-state index < -0.39 is 6.29 Å². The van der Waals surface area contributed by atoms with E-state index in [0.29, 0.717) is 23.3 Å². The fourth-order valence-corrected chi connectivity index (χ4v) is 3.46. The number of amides is 2. The lowest BCUT2D eigenvalue weighted by molar-refractivity contribution is -0.406. The highest BCUT2D eigenvalue weighted by molar-refractivity contribution is 6.15. The molecule has 1 heterocycles. The van der Waals surface area contributed by atoms with Crippen molar-refractivity contribution in [2.45, 2.75) is 59.4 Å². The normalized spacial score (nSPS) is 29.3. The third-order valence-corrected chi connectivity index (χ3v) is 5.03. The standard InChI is InChI=1S/C18H29NO5/c1-11(2)14-7-6-12(3)8-15(14)23-24-17(22-5)10-19-16(20)9-13(4)18(19)21/h9,11-12,14-15,17H,6-8,10H2,1-5H3. The van der Waals surface area contributed by atoms with Gasteiger partial charge in [-0.2, -0.15) is 0 Å². The summed E-state index contributed by atoms with van der Waals surface area (Å²) < 4.78 is 5.24. The molecule has 24 heavy (non-hydrogen) atoms. The average Bonchev–Trinajstić information content (AvgIpc) is 2.76. The first kappa shape index (κ1) is 19.1. The lowest BCUT2D eigenvalue weighted by Crippen LogP contribution is -2.41. The van der Waals surface area contributed by atoms with Gasteiger partial charge < -0.3 is 4.74 Å². The molecule has 0 aromatic rings. The van der Waals surface area contributed by atoms with Crippen LogP contribution < -0.4 is 0 Å². The first-order valence-electron chi connectivity index (χ1n) is 8.72. The maximum atomic E-state index is 11.9. The third-order valence-electron chi connectivity index (χ3n) is 5.03. The monoisotopic (exact) mass is 339 g/mol. The Balaban J connectivity index is 1.90. The minimum Gasteiger partial charge on any atom is -0.352 e. The lowest BCUT2D eigenvalue weighted by atomic mass is 9.75. The van der Waals surface area contributed by atoms with Gasteiger partial charge in [0.2, 0.25) is 6.29 Å². The Kier molecular flexibility index (Phi) is 6.54.